The SMILES string of the molecule is CC1CC(C)CN(CCNC(=O)CCNc2ccc(S(N)(=O)=O)cc2[N+](=O)[O-])C1. The summed E-state index contributed by atoms with van der Waals surface area (Å²) in [5, 5.41) is 21.9. The molecular weight excluding hydrogens is 398 g/mol. The fraction of sp³-hybridized carbons (Fsp3) is 0.611. The molecule has 1 fully saturated rings. The van der Waals surface area contributed by atoms with E-state index >= 15 is 0 Å². The monoisotopic (exact) mass is 427 g/mol. The van der Waals surface area contributed by atoms with Crippen LogP contribution in [-0.2, 0) is 14.8 Å². The topological polar surface area (TPSA) is 148 Å². The predicted octanol–water partition coefficient (Wildman–Crippen LogP) is 1.14. The van der Waals surface area contributed by atoms with E-state index in [0.717, 1.165) is 25.7 Å². The van der Waals surface area contributed by atoms with Crippen molar-refractivity contribution in [2.45, 2.75) is 31.6 Å². The minimum Gasteiger partial charge on any atom is -0.379 e. The molecule has 0 spiro atoms. The lowest BCUT2D eigenvalue weighted by atomic mass is 9.92. The van der Waals surface area contributed by atoms with Gasteiger partial charge in [0.2, 0.25) is 15.9 Å². The van der Waals surface area contributed by atoms with Crippen LogP contribution in [-0.4, -0.2) is 56.9 Å². The van der Waals surface area contributed by atoms with Crippen LogP contribution in [0, 0.1) is 22.0 Å². The minimum atomic E-state index is -4.04. The number of benzene rings is 1. The molecule has 2 unspecified atom stereocenters. The van der Waals surface area contributed by atoms with Crippen LogP contribution in [0.4, 0.5) is 11.4 Å². The van der Waals surface area contributed by atoms with Crippen molar-refractivity contribution in [1.29, 1.82) is 0 Å². The van der Waals surface area contributed by atoms with Gasteiger partial charge in [0, 0.05) is 45.2 Å². The van der Waals surface area contributed by atoms with Crippen LogP contribution in [0.2, 0.25) is 0 Å². The van der Waals surface area contributed by atoms with E-state index < -0.39 is 20.6 Å². The summed E-state index contributed by atoms with van der Waals surface area (Å²) in [4.78, 5) is 24.5. The molecule has 1 aromatic rings. The first-order chi connectivity index (χ1) is 13.6. The molecule has 10 nitrogen and oxygen atoms in total. The van der Waals surface area contributed by atoms with E-state index in [0.29, 0.717) is 18.4 Å². The molecule has 1 saturated heterocycles. The van der Waals surface area contributed by atoms with Crippen LogP contribution in [0.15, 0.2) is 23.1 Å². The molecule has 1 aliphatic rings. The normalized spacial score (nSPS) is 20.2. The highest BCUT2D eigenvalue weighted by Crippen LogP contribution is 2.27. The van der Waals surface area contributed by atoms with Gasteiger partial charge in [-0.05, 0) is 30.4 Å². The number of hydrogen-bond acceptors (Lipinski definition) is 7. The van der Waals surface area contributed by atoms with Gasteiger partial charge in [-0.3, -0.25) is 14.9 Å². The maximum atomic E-state index is 12.0. The fourth-order valence-electron chi connectivity index (χ4n) is 3.72. The number of carbonyl (C=O) groups is 1. The number of anilines is 1. The van der Waals surface area contributed by atoms with E-state index in [9.17, 15) is 23.3 Å². The summed E-state index contributed by atoms with van der Waals surface area (Å²) in [5.41, 5.74) is -0.281. The van der Waals surface area contributed by atoms with Gasteiger partial charge < -0.3 is 15.5 Å². The average Bonchev–Trinajstić information content (AvgIpc) is 2.60. The molecule has 1 amide bonds. The van der Waals surface area contributed by atoms with Crippen molar-refractivity contribution >= 4 is 27.3 Å². The minimum absolute atomic E-state index is 0.131. The summed E-state index contributed by atoms with van der Waals surface area (Å²) in [5.74, 6) is 1.17. The number of nitrogens with one attached hydrogen (secondary N) is 2. The molecule has 162 valence electrons. The standard InChI is InChI=1S/C18H29N5O5S/c1-13-9-14(2)12-22(11-13)8-7-21-18(24)5-6-20-16-4-3-15(29(19,27)28)10-17(16)23(25)26/h3-4,10,13-14,20H,5-9,11-12H2,1-2H3,(H,21,24)(H2,19,27,28). The Bertz CT molecular complexity index is 835. The summed E-state index contributed by atoms with van der Waals surface area (Å²) >= 11 is 0. The Balaban J connectivity index is 1.79. The number of likely N-dealkylation sites (tertiary alicyclic amines) is 1. The molecule has 0 aliphatic carbocycles. The number of nitro benzene ring substituents is 1. The van der Waals surface area contributed by atoms with E-state index in [1.54, 1.807) is 0 Å². The molecule has 4 N–H and O–H groups in total. The van der Waals surface area contributed by atoms with Crippen molar-refractivity contribution in [2.75, 3.05) is 38.0 Å². The molecule has 11 heteroatoms. The van der Waals surface area contributed by atoms with E-state index in [1.165, 1.54) is 18.6 Å². The van der Waals surface area contributed by atoms with Crippen LogP contribution in [0.1, 0.15) is 26.7 Å². The predicted molar refractivity (Wildman–Crippen MR) is 110 cm³/mol. The van der Waals surface area contributed by atoms with Gasteiger partial charge in [0.1, 0.15) is 5.69 Å². The van der Waals surface area contributed by atoms with Crippen LogP contribution < -0.4 is 15.8 Å². The first-order valence-corrected chi connectivity index (χ1v) is 11.1. The van der Waals surface area contributed by atoms with Gasteiger partial charge in [0.25, 0.3) is 5.69 Å². The van der Waals surface area contributed by atoms with Crippen molar-refractivity contribution in [3.8, 4) is 0 Å². The van der Waals surface area contributed by atoms with Crippen LogP contribution in [0.5, 0.6) is 0 Å². The molecule has 2 rings (SSSR count). The van der Waals surface area contributed by atoms with Crippen molar-refractivity contribution in [3.05, 3.63) is 28.3 Å². The number of nitrogens with zero attached hydrogens (tertiary/aromatic N) is 2. The zero-order chi connectivity index (χ0) is 21.6. The molecule has 1 heterocycles. The first kappa shape index (κ1) is 23.0. The summed E-state index contributed by atoms with van der Waals surface area (Å²) in [6, 6.07) is 3.36. The summed E-state index contributed by atoms with van der Waals surface area (Å²) < 4.78 is 22.7. The molecule has 0 saturated carbocycles. The summed E-state index contributed by atoms with van der Waals surface area (Å²) in [6.45, 7) is 8.10. The van der Waals surface area contributed by atoms with Crippen molar-refractivity contribution in [3.63, 3.8) is 0 Å². The highest BCUT2D eigenvalue weighted by atomic mass is 32.2. The maximum absolute atomic E-state index is 12.0. The molecular formula is C18H29N5O5S. The number of carbonyl (C=O) groups excluding carboxylic acids is 1. The maximum Gasteiger partial charge on any atom is 0.293 e. The van der Waals surface area contributed by atoms with E-state index in [4.69, 9.17) is 5.14 Å². The lowest BCUT2D eigenvalue weighted by Crippen LogP contribution is -2.43. The quantitative estimate of drug-likeness (QED) is 0.395. The van der Waals surface area contributed by atoms with E-state index in [1.807, 2.05) is 0 Å². The summed E-state index contributed by atoms with van der Waals surface area (Å²) in [7, 11) is -4.04. The third-order valence-corrected chi connectivity index (χ3v) is 5.77. The number of primary sulfonamides is 1. The number of rotatable bonds is 9. The van der Waals surface area contributed by atoms with Crippen LogP contribution >= 0.6 is 0 Å². The van der Waals surface area contributed by atoms with E-state index in [-0.39, 0.29) is 29.5 Å². The van der Waals surface area contributed by atoms with Gasteiger partial charge >= 0.3 is 0 Å². The van der Waals surface area contributed by atoms with Crippen molar-refractivity contribution < 1.29 is 18.1 Å². The molecule has 0 bridgehead atoms. The highest BCUT2D eigenvalue weighted by molar-refractivity contribution is 7.89. The van der Waals surface area contributed by atoms with Gasteiger partial charge in [0.05, 0.1) is 9.82 Å². The number of amides is 1. The molecule has 2 atom stereocenters. The largest absolute Gasteiger partial charge is 0.379 e. The Labute approximate surface area is 171 Å². The molecule has 1 aliphatic heterocycles. The third kappa shape index (κ3) is 7.26. The lowest BCUT2D eigenvalue weighted by Gasteiger charge is -2.34. The molecule has 0 aromatic heterocycles. The smallest absolute Gasteiger partial charge is 0.293 e. The van der Waals surface area contributed by atoms with Gasteiger partial charge in [0.15, 0.2) is 0 Å². The first-order valence-electron chi connectivity index (χ1n) is 9.60. The second kappa shape index (κ2) is 9.99. The zero-order valence-electron chi connectivity index (χ0n) is 16.8. The van der Waals surface area contributed by atoms with Gasteiger partial charge in [-0.1, -0.05) is 13.8 Å². The third-order valence-electron chi connectivity index (χ3n) is 4.86. The lowest BCUT2D eigenvalue weighted by molar-refractivity contribution is -0.384. The highest BCUT2D eigenvalue weighted by Gasteiger charge is 2.21. The van der Waals surface area contributed by atoms with Crippen LogP contribution in [0.3, 0.4) is 0 Å². The van der Waals surface area contributed by atoms with Crippen molar-refractivity contribution in [2.24, 2.45) is 17.0 Å². The van der Waals surface area contributed by atoms with Gasteiger partial charge in [-0.2, -0.15) is 0 Å². The van der Waals surface area contributed by atoms with Gasteiger partial charge in [-0.15, -0.1) is 0 Å². The van der Waals surface area contributed by atoms with Gasteiger partial charge in [-0.25, -0.2) is 13.6 Å². The Morgan fingerprint density at radius 1 is 1.28 bits per heavy atom. The van der Waals surface area contributed by atoms with Crippen LogP contribution in [0.25, 0.3) is 0 Å². The Morgan fingerprint density at radius 3 is 2.52 bits per heavy atom. The number of nitrogens with two attached hydrogens (primary N) is 1. The molecule has 29 heavy (non-hydrogen) atoms. The second-order valence-electron chi connectivity index (χ2n) is 7.71. The fourth-order valence-corrected chi connectivity index (χ4v) is 4.25. The molecule has 1 aromatic carbocycles. The van der Waals surface area contributed by atoms with Crippen molar-refractivity contribution in [1.82, 2.24) is 10.2 Å². The van der Waals surface area contributed by atoms with E-state index in [2.05, 4.69) is 29.4 Å². The number of hydrogen-bond donors (Lipinski definition) is 3. The number of piperidine rings is 1. The molecule has 0 radical (unpaired) electrons. The summed E-state index contributed by atoms with van der Waals surface area (Å²) in [6.07, 6.45) is 1.37. The second-order valence-corrected chi connectivity index (χ2v) is 9.27. The zero-order valence-corrected chi connectivity index (χ0v) is 17.6. The Hall–Kier alpha value is -2.24. The number of sulfonamides is 1. The number of nitro groups is 1. The average molecular weight is 428 g/mol. The Kier molecular flexibility index (Phi) is 7.94. The Morgan fingerprint density at radius 2 is 1.93 bits per heavy atom.